The molecule has 17 rings (SSSR count). The Bertz CT molecular complexity index is 5830. The van der Waals surface area contributed by atoms with Gasteiger partial charge in [0.1, 0.15) is 57.3 Å². The first-order valence-electron chi connectivity index (χ1n) is 35.1. The normalized spacial score (nSPS) is 11.2. The lowest BCUT2D eigenvalue weighted by molar-refractivity contribution is 0.174. The molecule has 15 aromatic rings. The lowest BCUT2D eigenvalue weighted by Crippen LogP contribution is -1.99. The van der Waals surface area contributed by atoms with Crippen LogP contribution in [0.15, 0.2) is 296 Å². The zero-order valence-corrected chi connectivity index (χ0v) is 61.9. The van der Waals surface area contributed by atoms with Gasteiger partial charge in [-0.05, 0) is 233 Å². The third-order valence-electron chi connectivity index (χ3n) is 16.3. The van der Waals surface area contributed by atoms with Crippen LogP contribution in [0.5, 0.6) is 97.9 Å². The van der Waals surface area contributed by atoms with E-state index in [2.05, 4.69) is 21.5 Å². The van der Waals surface area contributed by atoms with Gasteiger partial charge in [0.15, 0.2) is 98.1 Å². The van der Waals surface area contributed by atoms with E-state index >= 15 is 0 Å². The number of ether oxygens (including phenoxy) is 10. The summed E-state index contributed by atoms with van der Waals surface area (Å²) in [7, 11) is 0. The van der Waals surface area contributed by atoms with E-state index in [1.54, 1.807) is 149 Å². The fraction of sp³-hybridized carbons (Fsp3) is 0.0761. The van der Waals surface area contributed by atoms with E-state index in [0.29, 0.717) is 91.4 Å². The predicted octanol–water partition coefficient (Wildman–Crippen LogP) is 26.4. The summed E-state index contributed by atoms with van der Waals surface area (Å²) in [6.45, 7) is 14.5. The van der Waals surface area contributed by atoms with E-state index in [0.717, 1.165) is 44.4 Å². The summed E-state index contributed by atoms with van der Waals surface area (Å²) in [6.07, 6.45) is 11.5. The molecule has 11 aromatic carbocycles. The lowest BCUT2D eigenvalue weighted by atomic mass is 10.1. The van der Waals surface area contributed by atoms with Crippen LogP contribution >= 0.6 is 0 Å². The molecule has 0 saturated carbocycles. The van der Waals surface area contributed by atoms with Crippen LogP contribution in [0.3, 0.4) is 0 Å². The molecule has 0 radical (unpaired) electrons. The number of benzene rings is 11. The summed E-state index contributed by atoms with van der Waals surface area (Å²) in [5.41, 5.74) is 6.58. The first-order valence-corrected chi connectivity index (χ1v) is 35.1. The third kappa shape index (κ3) is 21.5. The van der Waals surface area contributed by atoms with E-state index < -0.39 is 52.2 Å². The number of pyridine rings is 3. The summed E-state index contributed by atoms with van der Waals surface area (Å²) in [6, 6.07) is 67.2. The highest BCUT2D eigenvalue weighted by atomic mass is 19.2. The maximum atomic E-state index is 14.0. The van der Waals surface area contributed by atoms with Gasteiger partial charge in [-0.25, -0.2) is 40.1 Å². The van der Waals surface area contributed by atoms with Crippen LogP contribution in [0.4, 0.5) is 35.1 Å². The van der Waals surface area contributed by atoms with Gasteiger partial charge in [-0.3, -0.25) is 9.97 Å². The second kappa shape index (κ2) is 37.3. The summed E-state index contributed by atoms with van der Waals surface area (Å²) in [4.78, 5) is 11.8. The van der Waals surface area contributed by atoms with Gasteiger partial charge in [0.05, 0.1) is 12.4 Å². The molecule has 114 heavy (non-hydrogen) atoms. The second-order valence-corrected chi connectivity index (χ2v) is 25.4. The molecule has 22 heteroatoms. The monoisotopic (exact) mass is 1540 g/mol. The van der Waals surface area contributed by atoms with Crippen LogP contribution in [-0.4, -0.2) is 21.7 Å². The van der Waals surface area contributed by atoms with Crippen molar-refractivity contribution in [1.29, 1.82) is 0 Å². The minimum absolute atomic E-state index is 0.193. The average Bonchev–Trinajstić information content (AvgIpc) is 1.61. The Morgan fingerprint density at radius 3 is 1.38 bits per heavy atom. The number of aryl methyl sites for hydroxylation is 6. The molecule has 6 heterocycles. The Hall–Kier alpha value is -14.4. The van der Waals surface area contributed by atoms with Crippen molar-refractivity contribution < 1.29 is 86.9 Å². The predicted molar refractivity (Wildman–Crippen MR) is 418 cm³/mol. The molecule has 2 aliphatic heterocycles. The van der Waals surface area contributed by atoms with E-state index in [4.69, 9.17) is 51.8 Å². The maximum Gasteiger partial charge on any atom is 0.231 e. The molecule has 0 aliphatic carbocycles. The molecule has 574 valence electrons. The van der Waals surface area contributed by atoms with Crippen molar-refractivity contribution in [3.63, 3.8) is 0 Å². The molecule has 0 amide bonds. The van der Waals surface area contributed by atoms with Crippen molar-refractivity contribution >= 4 is 28.0 Å². The average molecular weight is 1540 g/mol. The highest BCUT2D eigenvalue weighted by Gasteiger charge is 2.20. The van der Waals surface area contributed by atoms with Crippen molar-refractivity contribution in [3.05, 3.63) is 378 Å². The third-order valence-corrected chi connectivity index (χ3v) is 16.3. The van der Waals surface area contributed by atoms with E-state index in [9.17, 15) is 35.1 Å². The fourth-order valence-electron chi connectivity index (χ4n) is 10.9. The number of fused-ring (bicyclic) bond motifs is 5. The molecule has 0 bridgehead atoms. The van der Waals surface area contributed by atoms with Crippen molar-refractivity contribution in [1.82, 2.24) is 15.0 Å². The summed E-state index contributed by atoms with van der Waals surface area (Å²) in [5, 5.41) is 1.98. The number of hydrogen-bond donors (Lipinski definition) is 0. The van der Waals surface area contributed by atoms with E-state index in [-0.39, 0.29) is 29.9 Å². The van der Waals surface area contributed by atoms with Crippen molar-refractivity contribution in [3.8, 4) is 97.9 Å². The zero-order valence-electron chi connectivity index (χ0n) is 61.9. The molecule has 4 aromatic heterocycles. The molecular weight excluding hydrogens is 1480 g/mol. The molecular formula is C92H69F8N3O11. The van der Waals surface area contributed by atoms with E-state index in [1.807, 2.05) is 124 Å². The van der Waals surface area contributed by atoms with Crippen LogP contribution in [0.1, 0.15) is 38.9 Å². The van der Waals surface area contributed by atoms with Crippen LogP contribution in [-0.2, 0) is 0 Å². The number of allylic oxidation sites excluding steroid dienone is 1. The number of hydrogen-bond acceptors (Lipinski definition) is 14. The van der Waals surface area contributed by atoms with Crippen LogP contribution in [0.25, 0.3) is 28.0 Å². The van der Waals surface area contributed by atoms with Gasteiger partial charge >= 0.3 is 0 Å². The van der Waals surface area contributed by atoms with Gasteiger partial charge in [-0.1, -0.05) is 79.4 Å². The number of para-hydroxylation sites is 3. The number of nitrogens with zero attached hydrogens (tertiary/aromatic N) is 3. The summed E-state index contributed by atoms with van der Waals surface area (Å²) < 4.78 is 169. The highest BCUT2D eigenvalue weighted by molar-refractivity contribution is 6.06. The Balaban J connectivity index is 0.000000127. The lowest BCUT2D eigenvalue weighted by Gasteiger charge is -2.15. The highest BCUT2D eigenvalue weighted by Crippen LogP contribution is 2.41. The summed E-state index contributed by atoms with van der Waals surface area (Å²) >= 11 is 0. The topological polar surface area (TPSA) is 144 Å². The van der Waals surface area contributed by atoms with Gasteiger partial charge in [0.25, 0.3) is 0 Å². The van der Waals surface area contributed by atoms with Crippen LogP contribution in [0.2, 0.25) is 0 Å². The Labute approximate surface area is 650 Å². The number of halogens is 8. The zero-order chi connectivity index (χ0) is 80.2. The quantitative estimate of drug-likeness (QED) is 0.0952. The number of furan rings is 1. The largest absolute Gasteiger partial charge is 0.457 e. The molecule has 0 fully saturated rings. The molecule has 0 N–H and O–H groups in total. The standard InChI is InChI=1S/C19H14F2O2.C19H13FO2.C17H12F2O2.C13H11NO3.C12H9F2NO.C12H10FNO/c1-13-10-17(20)19(18(21)11-13)23-16-9-5-8-15(12-16)22-14-6-3-2-4-7-14;1-12-9-10-17(15(20)11-12)21-18-8-4-6-14-13-5-2-3-7-16(13)22-19(14)18;1-10-7-14(18)17(15(19)8-10)21-13-6-5-12-4-3-11(2)20-16(12)9-13;1-9-2-5-13(14-7-9)17-10-3-4-11-12(6-10)16-8-15-11;1-8-5-10(13)12(11(14)6-8)16-9-3-2-4-15-7-9;1-9-4-5-12(11(13)7-9)15-10-3-2-6-14-8-10/h2-12H,1H3;2-11H,1H3;3-9H,2H2,1H3;2-7H,8H2,1H3;2-7H,1H3;2-8H,1H3. The van der Waals surface area contributed by atoms with Crippen LogP contribution < -0.4 is 47.4 Å². The van der Waals surface area contributed by atoms with Gasteiger partial charge in [0, 0.05) is 59.2 Å². The van der Waals surface area contributed by atoms with Crippen molar-refractivity contribution in [2.45, 2.75) is 41.5 Å². The smallest absolute Gasteiger partial charge is 0.231 e. The second-order valence-electron chi connectivity index (χ2n) is 25.4. The molecule has 0 unspecified atom stereocenters. The first-order chi connectivity index (χ1) is 55.1. The SMILES string of the molecule is C=C1C=Cc2ccc(Oc3c(F)cc(C)cc3F)cc2O1.Cc1cc(F)c(Oc2cccc(Oc3ccccc3)c2)c(F)c1.Cc1cc(F)c(Oc2cccnc2)c(F)c1.Cc1ccc(Oc2ccc3c(c2)OCO3)nc1.Cc1ccc(Oc2cccc3c2oc2ccccc23)c(F)c1.Cc1ccc(Oc2cccnc2)c(F)c1. The van der Waals surface area contributed by atoms with Crippen molar-refractivity contribution in [2.24, 2.45) is 0 Å². The molecule has 2 aliphatic rings. The van der Waals surface area contributed by atoms with Gasteiger partial charge in [0.2, 0.25) is 12.7 Å². The van der Waals surface area contributed by atoms with E-state index in [1.165, 1.54) is 54.7 Å². The van der Waals surface area contributed by atoms with Crippen molar-refractivity contribution in [2.75, 3.05) is 6.79 Å². The van der Waals surface area contributed by atoms with Gasteiger partial charge < -0.3 is 51.8 Å². The molecule has 0 saturated heterocycles. The Morgan fingerprint density at radius 1 is 0.325 bits per heavy atom. The molecule has 0 atom stereocenters. The summed E-state index contributed by atoms with van der Waals surface area (Å²) in [5.74, 6) is 0.834. The minimum Gasteiger partial charge on any atom is -0.457 e. The molecule has 14 nitrogen and oxygen atoms in total. The van der Waals surface area contributed by atoms with Gasteiger partial charge in [-0.2, -0.15) is 0 Å². The minimum atomic E-state index is -0.740. The number of aromatic nitrogens is 3. The Kier molecular flexibility index (Phi) is 25.9. The maximum absolute atomic E-state index is 14.0. The molecule has 0 spiro atoms. The van der Waals surface area contributed by atoms with Crippen LogP contribution in [0, 0.1) is 88.1 Å². The first kappa shape index (κ1) is 79.1. The van der Waals surface area contributed by atoms with Gasteiger partial charge in [-0.15, -0.1) is 0 Å². The Morgan fingerprint density at radius 2 is 0.798 bits per heavy atom. The number of rotatable bonds is 14. The fourth-order valence-corrected chi connectivity index (χ4v) is 10.9.